The van der Waals surface area contributed by atoms with Gasteiger partial charge in [-0.2, -0.15) is 13.2 Å². The van der Waals surface area contributed by atoms with Crippen LogP contribution in [-0.2, 0) is 9.59 Å². The minimum atomic E-state index is -4.83. The van der Waals surface area contributed by atoms with Crippen molar-refractivity contribution in [1.29, 1.82) is 0 Å². The van der Waals surface area contributed by atoms with Gasteiger partial charge in [0.25, 0.3) is 0 Å². The monoisotopic (exact) mass is 225 g/mol. The largest absolute Gasteiger partial charge is 0.481 e. The van der Waals surface area contributed by atoms with Gasteiger partial charge in [0.15, 0.2) is 0 Å². The number of carbonyl (C=O) groups is 2. The molecule has 86 valence electrons. The lowest BCUT2D eigenvalue weighted by atomic mass is 10.1. The summed E-state index contributed by atoms with van der Waals surface area (Å²) in [6.07, 6.45) is -4.54. The molecule has 0 bridgehead atoms. The van der Waals surface area contributed by atoms with Gasteiger partial charge >= 0.3 is 12.1 Å². The van der Waals surface area contributed by atoms with Crippen LogP contribution in [0.15, 0.2) is 0 Å². The lowest BCUT2D eigenvalue weighted by molar-refractivity contribution is -0.172. The Balaban J connectivity index is 2.43. The van der Waals surface area contributed by atoms with Gasteiger partial charge in [0.05, 0.1) is 12.5 Å². The van der Waals surface area contributed by atoms with Crippen LogP contribution in [-0.4, -0.2) is 47.6 Å². The first-order valence-corrected chi connectivity index (χ1v) is 4.36. The van der Waals surface area contributed by atoms with Crippen LogP contribution >= 0.6 is 0 Å². The van der Waals surface area contributed by atoms with Gasteiger partial charge in [0, 0.05) is 6.54 Å². The average Bonchev–Trinajstić information content (AvgIpc) is 2.50. The minimum Gasteiger partial charge on any atom is -0.481 e. The molecule has 0 aromatic rings. The van der Waals surface area contributed by atoms with Crippen molar-refractivity contribution in [3.63, 3.8) is 0 Å². The van der Waals surface area contributed by atoms with Crippen molar-refractivity contribution in [3.8, 4) is 0 Å². The number of hydrogen-bond acceptors (Lipinski definition) is 3. The number of carbonyl (C=O) groups excluding carboxylic acids is 1. The van der Waals surface area contributed by atoms with Crippen LogP contribution in [0, 0.1) is 5.92 Å². The Bertz CT molecular complexity index is 277. The van der Waals surface area contributed by atoms with Gasteiger partial charge in [-0.3, -0.25) is 14.5 Å². The highest BCUT2D eigenvalue weighted by Gasteiger charge is 2.40. The van der Waals surface area contributed by atoms with E-state index in [9.17, 15) is 22.8 Å². The molecule has 1 aliphatic heterocycles. The quantitative estimate of drug-likeness (QED) is 0.760. The topological polar surface area (TPSA) is 57.6 Å². The van der Waals surface area contributed by atoms with E-state index in [1.54, 1.807) is 0 Å². The van der Waals surface area contributed by atoms with Gasteiger partial charge in [-0.1, -0.05) is 0 Å². The molecule has 1 N–H and O–H groups in total. The maximum Gasteiger partial charge on any atom is 0.451 e. The molecule has 1 rings (SSSR count). The predicted molar refractivity (Wildman–Crippen MR) is 43.2 cm³/mol. The molecule has 0 saturated carbocycles. The van der Waals surface area contributed by atoms with Crippen molar-refractivity contribution in [2.75, 3.05) is 19.6 Å². The van der Waals surface area contributed by atoms with E-state index in [2.05, 4.69) is 0 Å². The summed E-state index contributed by atoms with van der Waals surface area (Å²) in [6.45, 7) is -0.511. The molecule has 0 aromatic carbocycles. The second kappa shape index (κ2) is 4.18. The highest BCUT2D eigenvalue weighted by atomic mass is 19.4. The Morgan fingerprint density at radius 1 is 1.40 bits per heavy atom. The molecule has 0 radical (unpaired) electrons. The summed E-state index contributed by atoms with van der Waals surface area (Å²) in [5, 5.41) is 8.59. The van der Waals surface area contributed by atoms with Crippen LogP contribution in [0.4, 0.5) is 13.2 Å². The van der Waals surface area contributed by atoms with Crippen LogP contribution in [0.5, 0.6) is 0 Å². The molecule has 1 aliphatic rings. The van der Waals surface area contributed by atoms with E-state index in [-0.39, 0.29) is 13.1 Å². The maximum absolute atomic E-state index is 11.9. The van der Waals surface area contributed by atoms with Crippen LogP contribution in [0.2, 0.25) is 0 Å². The van der Waals surface area contributed by atoms with Gasteiger partial charge in [-0.05, 0) is 13.0 Å². The fourth-order valence-electron chi connectivity index (χ4n) is 1.47. The van der Waals surface area contributed by atoms with E-state index in [0.717, 1.165) is 0 Å². The van der Waals surface area contributed by atoms with Crippen molar-refractivity contribution in [2.45, 2.75) is 12.6 Å². The number of rotatable bonds is 3. The van der Waals surface area contributed by atoms with Crippen LogP contribution in [0.1, 0.15) is 6.42 Å². The molecular formula is C8H10F3NO3. The van der Waals surface area contributed by atoms with Gasteiger partial charge in [-0.25, -0.2) is 0 Å². The third kappa shape index (κ3) is 3.19. The predicted octanol–water partition coefficient (Wildman–Crippen LogP) is 0.524. The van der Waals surface area contributed by atoms with E-state index < -0.39 is 30.4 Å². The summed E-state index contributed by atoms with van der Waals surface area (Å²) in [7, 11) is 0. The third-order valence-corrected chi connectivity index (χ3v) is 2.31. The molecule has 1 saturated heterocycles. The van der Waals surface area contributed by atoms with Crippen molar-refractivity contribution in [3.05, 3.63) is 0 Å². The molecule has 0 aromatic heterocycles. The summed E-state index contributed by atoms with van der Waals surface area (Å²) < 4.78 is 35.6. The Morgan fingerprint density at radius 3 is 2.40 bits per heavy atom. The molecule has 1 heterocycles. The lowest BCUT2D eigenvalue weighted by Crippen LogP contribution is -2.36. The van der Waals surface area contributed by atoms with Crippen molar-refractivity contribution in [2.24, 2.45) is 5.92 Å². The molecule has 0 spiro atoms. The van der Waals surface area contributed by atoms with E-state index in [4.69, 9.17) is 5.11 Å². The normalized spacial score (nSPS) is 23.0. The standard InChI is InChI=1S/C8H10F3NO3/c9-8(10,11)6(13)4-12-2-1-5(3-12)7(14)15/h5H,1-4H2,(H,14,15)/t5-/m0/s1. The second-order valence-electron chi connectivity index (χ2n) is 3.48. The zero-order valence-corrected chi connectivity index (χ0v) is 7.75. The number of likely N-dealkylation sites (tertiary alicyclic amines) is 1. The maximum atomic E-state index is 11.9. The van der Waals surface area contributed by atoms with E-state index in [1.165, 1.54) is 4.90 Å². The molecule has 0 amide bonds. The Hall–Kier alpha value is -1.11. The molecule has 15 heavy (non-hydrogen) atoms. The first-order chi connectivity index (χ1) is 6.80. The molecule has 7 heteroatoms. The summed E-state index contributed by atoms with van der Waals surface area (Å²) in [6, 6.07) is 0. The Morgan fingerprint density at radius 2 is 2.00 bits per heavy atom. The SMILES string of the molecule is O=C(O)[C@H]1CCN(CC(=O)C(F)(F)F)C1. The highest BCUT2D eigenvalue weighted by Crippen LogP contribution is 2.20. The summed E-state index contributed by atoms with van der Waals surface area (Å²) in [5.41, 5.74) is 0. The minimum absolute atomic E-state index is 0.0111. The Labute approximate surface area is 83.7 Å². The molecule has 0 unspecified atom stereocenters. The van der Waals surface area contributed by atoms with Crippen LogP contribution in [0.25, 0.3) is 0 Å². The first kappa shape index (κ1) is 12.0. The van der Waals surface area contributed by atoms with Crippen molar-refractivity contribution >= 4 is 11.8 Å². The number of Topliss-reactive ketones (excluding diaryl/α,β-unsaturated/α-hetero) is 1. The highest BCUT2D eigenvalue weighted by molar-refractivity contribution is 5.86. The lowest BCUT2D eigenvalue weighted by Gasteiger charge is -2.14. The van der Waals surface area contributed by atoms with E-state index in [0.29, 0.717) is 6.42 Å². The number of hydrogen-bond donors (Lipinski definition) is 1. The number of ketones is 1. The number of halogens is 3. The summed E-state index contributed by atoms with van der Waals surface area (Å²) in [5.74, 6) is -3.52. The third-order valence-electron chi connectivity index (χ3n) is 2.31. The zero-order chi connectivity index (χ0) is 11.6. The van der Waals surface area contributed by atoms with Gasteiger partial charge in [-0.15, -0.1) is 0 Å². The average molecular weight is 225 g/mol. The zero-order valence-electron chi connectivity index (χ0n) is 7.75. The van der Waals surface area contributed by atoms with Gasteiger partial charge < -0.3 is 5.11 Å². The molecule has 1 atom stereocenters. The number of nitrogens with zero attached hydrogens (tertiary/aromatic N) is 1. The van der Waals surface area contributed by atoms with E-state index in [1.807, 2.05) is 0 Å². The van der Waals surface area contributed by atoms with E-state index >= 15 is 0 Å². The number of carboxylic acids is 1. The summed E-state index contributed by atoms with van der Waals surface area (Å²) >= 11 is 0. The Kier molecular flexibility index (Phi) is 3.33. The van der Waals surface area contributed by atoms with Crippen LogP contribution < -0.4 is 0 Å². The van der Waals surface area contributed by atoms with Crippen molar-refractivity contribution < 1.29 is 27.9 Å². The molecule has 0 aliphatic carbocycles. The van der Waals surface area contributed by atoms with Crippen molar-refractivity contribution in [1.82, 2.24) is 4.90 Å². The summed E-state index contributed by atoms with van der Waals surface area (Å²) in [4.78, 5) is 22.3. The number of aliphatic carboxylic acids is 1. The van der Waals surface area contributed by atoms with Crippen LogP contribution in [0.3, 0.4) is 0 Å². The first-order valence-electron chi connectivity index (χ1n) is 4.36. The van der Waals surface area contributed by atoms with Gasteiger partial charge in [0.1, 0.15) is 0 Å². The fraction of sp³-hybridized carbons (Fsp3) is 0.750. The van der Waals surface area contributed by atoms with Gasteiger partial charge in [0.2, 0.25) is 5.78 Å². The second-order valence-corrected chi connectivity index (χ2v) is 3.48. The molecule has 4 nitrogen and oxygen atoms in total. The number of alkyl halides is 3. The molecular weight excluding hydrogens is 215 g/mol. The molecule has 1 fully saturated rings. The fourth-order valence-corrected chi connectivity index (χ4v) is 1.47. The smallest absolute Gasteiger partial charge is 0.451 e. The number of carboxylic acid groups (broad SMARTS) is 1.